The molecule has 10 nitrogen and oxygen atoms in total. The molecule has 0 bridgehead atoms. The number of unbranched alkanes of at least 4 members (excludes halogenated alkanes) is 11. The molecule has 394 valence electrons. The van der Waals surface area contributed by atoms with Crippen molar-refractivity contribution in [2.45, 2.75) is 218 Å². The van der Waals surface area contributed by atoms with Crippen LogP contribution in [-0.2, 0) is 64.3 Å². The van der Waals surface area contributed by atoms with Crippen molar-refractivity contribution in [1.29, 1.82) is 0 Å². The number of hydrogen-bond acceptors (Lipinski definition) is 9. The molecule has 2 aliphatic rings. The number of rotatable bonds is 31. The van der Waals surface area contributed by atoms with Gasteiger partial charge in [-0.15, -0.1) is 0 Å². The fourth-order valence-corrected chi connectivity index (χ4v) is 9.69. The van der Waals surface area contributed by atoms with Crippen LogP contribution in [0.2, 0.25) is 0 Å². The van der Waals surface area contributed by atoms with Crippen molar-refractivity contribution >= 4 is 6.09 Å². The average molecular weight is 990 g/mol. The maximum atomic E-state index is 13.6. The van der Waals surface area contributed by atoms with Crippen molar-refractivity contribution in [3.05, 3.63) is 156 Å². The SMILES string of the molecule is CCCCCCCCCCCCCC[C@H]1OC(C)(C)O[C@H]1[C@H](/C=C/C[C@H]1O[C@H](COCc2ccccc2)[C@H](OCc2ccccc2)[C@H](OCc2ccccc2)[C@H]1OCc1ccccc1)NC(=O)OC(C)(C)C. The Morgan fingerprint density at radius 3 is 1.51 bits per heavy atom. The van der Waals surface area contributed by atoms with Gasteiger partial charge in [-0.05, 0) is 69.7 Å². The highest BCUT2D eigenvalue weighted by atomic mass is 16.8. The van der Waals surface area contributed by atoms with E-state index in [1.807, 2.05) is 113 Å². The highest BCUT2D eigenvalue weighted by Gasteiger charge is 2.49. The topological polar surface area (TPSA) is 103 Å². The molecule has 0 spiro atoms. The standard InChI is InChI=1S/C62H87NO9/c1-7-8-9-10-11-12-13-14-15-16-17-30-41-54-56(71-62(5,6)70-54)52(63-60(64)72-61(2,3)4)40-31-42-53-57(66-44-49-34-24-19-25-35-49)59(68-46-51-38-28-21-29-39-51)58(67-45-50-36-26-20-27-37-50)55(69-53)47-65-43-48-32-22-18-23-33-48/h18-29,31-40,52-59H,7-17,30,41-47H2,1-6H3,(H,63,64)/b40-31+/t52-,53+,54+,55+,56-,57-,58-,59+/m0/s1. The summed E-state index contributed by atoms with van der Waals surface area (Å²) in [7, 11) is 0. The van der Waals surface area contributed by atoms with E-state index in [1.54, 1.807) is 0 Å². The Morgan fingerprint density at radius 1 is 0.583 bits per heavy atom. The van der Waals surface area contributed by atoms with Crippen molar-refractivity contribution < 1.29 is 42.7 Å². The number of ether oxygens (including phenoxy) is 8. The minimum absolute atomic E-state index is 0.231. The molecule has 2 fully saturated rings. The molecule has 0 aliphatic carbocycles. The fraction of sp³-hybridized carbons (Fsp3) is 0.565. The van der Waals surface area contributed by atoms with E-state index in [9.17, 15) is 4.79 Å². The molecule has 10 heteroatoms. The van der Waals surface area contributed by atoms with Crippen LogP contribution in [0.5, 0.6) is 0 Å². The van der Waals surface area contributed by atoms with Crippen LogP contribution in [-0.4, -0.2) is 72.9 Å². The molecule has 0 unspecified atom stereocenters. The summed E-state index contributed by atoms with van der Waals surface area (Å²) in [5.74, 6) is -0.831. The van der Waals surface area contributed by atoms with Crippen molar-refractivity contribution in [1.82, 2.24) is 5.32 Å². The van der Waals surface area contributed by atoms with Crippen LogP contribution in [0.4, 0.5) is 4.79 Å². The average Bonchev–Trinajstić information content (AvgIpc) is 3.69. The minimum atomic E-state index is -0.831. The van der Waals surface area contributed by atoms with Gasteiger partial charge in [0.1, 0.15) is 36.1 Å². The Hall–Kier alpha value is -4.39. The Morgan fingerprint density at radius 2 is 1.03 bits per heavy atom. The molecule has 2 aliphatic heterocycles. The van der Waals surface area contributed by atoms with Gasteiger partial charge in [-0.3, -0.25) is 0 Å². The molecule has 2 heterocycles. The Labute approximate surface area is 432 Å². The minimum Gasteiger partial charge on any atom is -0.444 e. The summed E-state index contributed by atoms with van der Waals surface area (Å²) in [6, 6.07) is 40.1. The molecule has 1 amide bonds. The normalized spacial score (nSPS) is 22.5. The van der Waals surface area contributed by atoms with Gasteiger partial charge in [0.05, 0.1) is 51.3 Å². The van der Waals surface area contributed by atoms with Gasteiger partial charge in [0.15, 0.2) is 5.79 Å². The second kappa shape index (κ2) is 30.7. The molecule has 8 atom stereocenters. The molecule has 0 radical (unpaired) electrons. The summed E-state index contributed by atoms with van der Waals surface area (Å²) in [5.41, 5.74) is 3.49. The third-order valence-corrected chi connectivity index (χ3v) is 13.3. The molecule has 0 saturated carbocycles. The molecular weight excluding hydrogens is 903 g/mol. The maximum Gasteiger partial charge on any atom is 0.408 e. The second-order valence-corrected chi connectivity index (χ2v) is 21.1. The van der Waals surface area contributed by atoms with E-state index in [-0.39, 0.29) is 12.7 Å². The number of nitrogens with one attached hydrogen (secondary N) is 1. The Kier molecular flexibility index (Phi) is 24.3. The van der Waals surface area contributed by atoms with Crippen LogP contribution in [0.25, 0.3) is 0 Å². The maximum absolute atomic E-state index is 13.6. The van der Waals surface area contributed by atoms with Crippen molar-refractivity contribution in [2.24, 2.45) is 0 Å². The van der Waals surface area contributed by atoms with Gasteiger partial charge >= 0.3 is 6.09 Å². The van der Waals surface area contributed by atoms with Crippen LogP contribution in [0.3, 0.4) is 0 Å². The third kappa shape index (κ3) is 20.5. The van der Waals surface area contributed by atoms with Gasteiger partial charge < -0.3 is 43.2 Å². The zero-order valence-corrected chi connectivity index (χ0v) is 44.4. The number of hydrogen-bond donors (Lipinski definition) is 1. The first kappa shape index (κ1) is 56.9. The van der Waals surface area contributed by atoms with E-state index < -0.39 is 60.1 Å². The smallest absolute Gasteiger partial charge is 0.408 e. The summed E-state index contributed by atoms with van der Waals surface area (Å²) >= 11 is 0. The lowest BCUT2D eigenvalue weighted by atomic mass is 9.92. The lowest BCUT2D eigenvalue weighted by Gasteiger charge is -2.46. The molecular formula is C62H87NO9. The number of carbonyl (C=O) groups excluding carboxylic acids is 1. The molecule has 6 rings (SSSR count). The van der Waals surface area contributed by atoms with E-state index in [2.05, 4.69) is 66.8 Å². The van der Waals surface area contributed by atoms with E-state index in [1.165, 1.54) is 64.2 Å². The quantitative estimate of drug-likeness (QED) is 0.0390. The van der Waals surface area contributed by atoms with E-state index >= 15 is 0 Å². The fourth-order valence-electron chi connectivity index (χ4n) is 9.69. The predicted octanol–water partition coefficient (Wildman–Crippen LogP) is 14.2. The van der Waals surface area contributed by atoms with Gasteiger partial charge in [0.2, 0.25) is 0 Å². The number of alkyl carbamates (subject to hydrolysis) is 1. The number of carbonyl (C=O) groups is 1. The van der Waals surface area contributed by atoms with Crippen molar-refractivity contribution in [3.63, 3.8) is 0 Å². The Bertz CT molecular complexity index is 2080. The molecule has 1 N–H and O–H groups in total. The second-order valence-electron chi connectivity index (χ2n) is 21.1. The molecule has 2 saturated heterocycles. The van der Waals surface area contributed by atoms with Crippen molar-refractivity contribution in [3.8, 4) is 0 Å². The van der Waals surface area contributed by atoms with E-state index in [0.717, 1.165) is 41.5 Å². The summed E-state index contributed by atoms with van der Waals surface area (Å²) in [4.78, 5) is 13.6. The first-order chi connectivity index (χ1) is 35.0. The monoisotopic (exact) mass is 990 g/mol. The molecule has 0 aromatic heterocycles. The molecule has 72 heavy (non-hydrogen) atoms. The van der Waals surface area contributed by atoms with Gasteiger partial charge in [-0.25, -0.2) is 4.79 Å². The van der Waals surface area contributed by atoms with Gasteiger partial charge in [-0.1, -0.05) is 217 Å². The highest BCUT2D eigenvalue weighted by Crippen LogP contribution is 2.35. The van der Waals surface area contributed by atoms with Gasteiger partial charge in [-0.2, -0.15) is 0 Å². The number of benzene rings is 4. The van der Waals surface area contributed by atoms with Crippen LogP contribution in [0, 0.1) is 0 Å². The van der Waals surface area contributed by atoms with Crippen molar-refractivity contribution in [2.75, 3.05) is 6.61 Å². The Balaban J connectivity index is 1.24. The number of amides is 1. The van der Waals surface area contributed by atoms with Crippen LogP contribution < -0.4 is 5.32 Å². The van der Waals surface area contributed by atoms with Crippen LogP contribution in [0.15, 0.2) is 133 Å². The summed E-state index contributed by atoms with van der Waals surface area (Å²) in [6.45, 7) is 13.5. The lowest BCUT2D eigenvalue weighted by Crippen LogP contribution is -2.61. The van der Waals surface area contributed by atoms with Crippen LogP contribution >= 0.6 is 0 Å². The lowest BCUT2D eigenvalue weighted by molar-refractivity contribution is -0.271. The largest absolute Gasteiger partial charge is 0.444 e. The summed E-state index contributed by atoms with van der Waals surface area (Å²) < 4.78 is 53.7. The first-order valence-corrected chi connectivity index (χ1v) is 27.2. The summed E-state index contributed by atoms with van der Waals surface area (Å²) in [6.07, 6.45) is 16.8. The van der Waals surface area contributed by atoms with E-state index in [0.29, 0.717) is 32.8 Å². The zero-order chi connectivity index (χ0) is 50.9. The molecule has 4 aromatic carbocycles. The third-order valence-electron chi connectivity index (χ3n) is 13.3. The van der Waals surface area contributed by atoms with E-state index in [4.69, 9.17) is 37.9 Å². The molecule has 4 aromatic rings. The highest BCUT2D eigenvalue weighted by molar-refractivity contribution is 5.68. The predicted molar refractivity (Wildman–Crippen MR) is 286 cm³/mol. The summed E-state index contributed by atoms with van der Waals surface area (Å²) in [5, 5.41) is 3.17. The van der Waals surface area contributed by atoms with Gasteiger partial charge in [0, 0.05) is 0 Å². The van der Waals surface area contributed by atoms with Crippen LogP contribution in [0.1, 0.15) is 154 Å². The zero-order valence-electron chi connectivity index (χ0n) is 44.4. The first-order valence-electron chi connectivity index (χ1n) is 27.2. The van der Waals surface area contributed by atoms with Gasteiger partial charge in [0.25, 0.3) is 0 Å².